The highest BCUT2D eigenvalue weighted by Crippen LogP contribution is 2.65. The molecule has 0 amide bonds. The molecule has 4 nitrogen and oxygen atoms in total. The van der Waals surface area contributed by atoms with Gasteiger partial charge in [-0.25, -0.2) is 0 Å². The van der Waals surface area contributed by atoms with E-state index in [1.165, 1.54) is 25.7 Å². The Kier molecular flexibility index (Phi) is 5.04. The first-order valence-electron chi connectivity index (χ1n) is 11.4. The van der Waals surface area contributed by atoms with E-state index in [0.717, 1.165) is 18.8 Å². The van der Waals surface area contributed by atoms with Gasteiger partial charge >= 0.3 is 5.97 Å². The predicted octanol–water partition coefficient (Wildman–Crippen LogP) is 4.47. The van der Waals surface area contributed by atoms with Crippen LogP contribution in [0.1, 0.15) is 66.2 Å². The Bertz CT molecular complexity index is 674. The molecule has 0 radical (unpaired) electrons. The summed E-state index contributed by atoms with van der Waals surface area (Å²) in [5.41, 5.74) is 6.10. The van der Waals surface area contributed by atoms with Gasteiger partial charge in [-0.1, -0.05) is 26.0 Å². The highest BCUT2D eigenvalue weighted by Gasteiger charge is 2.61. The molecule has 2 N–H and O–H groups in total. The monoisotopic (exact) mass is 386 g/mol. The molecule has 1 heterocycles. The zero-order valence-electron chi connectivity index (χ0n) is 18.1. The van der Waals surface area contributed by atoms with Crippen LogP contribution >= 0.6 is 0 Å². The summed E-state index contributed by atoms with van der Waals surface area (Å²) in [5, 5.41) is 0. The molecule has 8 atom stereocenters. The molecular formula is C24H38N2O2. The normalized spacial score (nSPS) is 47.5. The average molecular weight is 387 g/mol. The van der Waals surface area contributed by atoms with Gasteiger partial charge in [-0.15, -0.1) is 0 Å². The summed E-state index contributed by atoms with van der Waals surface area (Å²) in [7, 11) is 0. The lowest BCUT2D eigenvalue weighted by atomic mass is 9.47. The van der Waals surface area contributed by atoms with E-state index in [9.17, 15) is 4.79 Å². The van der Waals surface area contributed by atoms with Crippen LogP contribution in [0.5, 0.6) is 0 Å². The average Bonchev–Trinajstić information content (AvgIpc) is 3.02. The maximum Gasteiger partial charge on any atom is 0.309 e. The van der Waals surface area contributed by atoms with Crippen molar-refractivity contribution in [1.82, 2.24) is 4.90 Å². The number of rotatable bonds is 3. The van der Waals surface area contributed by atoms with Gasteiger partial charge in [0.2, 0.25) is 0 Å². The van der Waals surface area contributed by atoms with Gasteiger partial charge in [-0.05, 0) is 75.5 Å². The fraction of sp³-hybridized carbons (Fsp3) is 0.792. The van der Waals surface area contributed by atoms with Crippen molar-refractivity contribution in [2.24, 2.45) is 40.2 Å². The SMILES string of the molecule is CCOC(=O)C1CCC2C3CCC4N(/C=C\N)C(C)C=CC4(C)C3CCC12C. The van der Waals surface area contributed by atoms with Gasteiger partial charge < -0.3 is 15.4 Å². The van der Waals surface area contributed by atoms with Crippen molar-refractivity contribution in [3.63, 3.8) is 0 Å². The zero-order valence-corrected chi connectivity index (χ0v) is 18.1. The molecule has 0 aromatic carbocycles. The van der Waals surface area contributed by atoms with E-state index in [1.54, 1.807) is 6.20 Å². The first kappa shape index (κ1) is 19.8. The second-order valence-corrected chi connectivity index (χ2v) is 10.2. The van der Waals surface area contributed by atoms with Gasteiger partial charge in [0.15, 0.2) is 0 Å². The standard InChI is InChI=1S/C24H38N2O2/c1-5-28-22(27)20-8-7-18-17-6-9-21-24(4,19(17)11-13-23(18,20)3)12-10-16(2)26(21)15-14-25/h10,12,14-21H,5-9,11,13,25H2,1-4H3/b15-14-. The predicted molar refractivity (Wildman–Crippen MR) is 112 cm³/mol. The van der Waals surface area contributed by atoms with Crippen LogP contribution in [0.2, 0.25) is 0 Å². The number of esters is 1. The number of nitrogens with two attached hydrogens (primary N) is 1. The highest BCUT2D eigenvalue weighted by molar-refractivity contribution is 5.74. The summed E-state index contributed by atoms with van der Waals surface area (Å²) in [6.45, 7) is 9.55. The molecule has 4 heteroatoms. The molecule has 1 aliphatic heterocycles. The van der Waals surface area contributed by atoms with Crippen molar-refractivity contribution in [3.8, 4) is 0 Å². The summed E-state index contributed by atoms with van der Waals surface area (Å²) < 4.78 is 5.46. The topological polar surface area (TPSA) is 55.6 Å². The summed E-state index contributed by atoms with van der Waals surface area (Å²) in [5.74, 6) is 2.23. The quantitative estimate of drug-likeness (QED) is 0.574. The number of fused-ring (bicyclic) bond motifs is 5. The van der Waals surface area contributed by atoms with Crippen LogP contribution in [0.25, 0.3) is 0 Å². The van der Waals surface area contributed by atoms with Crippen molar-refractivity contribution in [2.75, 3.05) is 6.61 Å². The Hall–Kier alpha value is -1.45. The molecule has 3 fully saturated rings. The number of hydrogen-bond donors (Lipinski definition) is 1. The van der Waals surface area contributed by atoms with Gasteiger partial charge in [0.25, 0.3) is 0 Å². The van der Waals surface area contributed by atoms with E-state index in [1.807, 2.05) is 6.92 Å². The van der Waals surface area contributed by atoms with Crippen LogP contribution in [-0.4, -0.2) is 29.6 Å². The fourth-order valence-corrected chi connectivity index (χ4v) is 7.77. The van der Waals surface area contributed by atoms with Crippen LogP contribution in [0, 0.1) is 34.5 Å². The molecule has 0 aromatic heterocycles. The molecule has 156 valence electrons. The summed E-state index contributed by atoms with van der Waals surface area (Å²) in [6, 6.07) is 0.933. The minimum absolute atomic E-state index is 0.0523. The molecule has 0 aromatic rings. The van der Waals surface area contributed by atoms with Crippen LogP contribution in [0.4, 0.5) is 0 Å². The highest BCUT2D eigenvalue weighted by atomic mass is 16.5. The molecular weight excluding hydrogens is 348 g/mol. The molecule has 0 spiro atoms. The molecule has 4 rings (SSSR count). The van der Waals surface area contributed by atoms with E-state index < -0.39 is 0 Å². The second kappa shape index (κ2) is 7.11. The lowest BCUT2D eigenvalue weighted by Crippen LogP contribution is -2.60. The van der Waals surface area contributed by atoms with Crippen molar-refractivity contribution < 1.29 is 9.53 Å². The molecule has 3 aliphatic carbocycles. The van der Waals surface area contributed by atoms with Gasteiger partial charge in [0.1, 0.15) is 0 Å². The lowest BCUT2D eigenvalue weighted by Gasteiger charge is -2.61. The van der Waals surface area contributed by atoms with E-state index in [-0.39, 0.29) is 22.7 Å². The van der Waals surface area contributed by atoms with Gasteiger partial charge in [-0.3, -0.25) is 4.79 Å². The molecule has 8 unspecified atom stereocenters. The fourth-order valence-electron chi connectivity index (χ4n) is 7.77. The van der Waals surface area contributed by atoms with Gasteiger partial charge in [0.05, 0.1) is 12.5 Å². The molecule has 0 saturated heterocycles. The van der Waals surface area contributed by atoms with Crippen LogP contribution in [0.3, 0.4) is 0 Å². The van der Waals surface area contributed by atoms with Crippen molar-refractivity contribution >= 4 is 5.97 Å². The van der Waals surface area contributed by atoms with Crippen molar-refractivity contribution in [3.05, 3.63) is 24.6 Å². The lowest BCUT2D eigenvalue weighted by molar-refractivity contribution is -0.156. The maximum atomic E-state index is 12.6. The van der Waals surface area contributed by atoms with Gasteiger partial charge in [-0.2, -0.15) is 0 Å². The largest absolute Gasteiger partial charge is 0.466 e. The molecule has 3 saturated carbocycles. The molecule has 4 aliphatic rings. The Morgan fingerprint density at radius 3 is 2.71 bits per heavy atom. The first-order chi connectivity index (χ1) is 13.4. The van der Waals surface area contributed by atoms with Crippen LogP contribution in [-0.2, 0) is 9.53 Å². The Labute approximate surface area is 170 Å². The Balaban J connectivity index is 1.62. The molecule has 28 heavy (non-hydrogen) atoms. The third kappa shape index (κ3) is 2.74. The first-order valence-corrected chi connectivity index (χ1v) is 11.4. The van der Waals surface area contributed by atoms with Gasteiger partial charge in [0, 0.05) is 29.9 Å². The van der Waals surface area contributed by atoms with E-state index in [0.29, 0.717) is 30.5 Å². The minimum Gasteiger partial charge on any atom is -0.466 e. The number of hydrogen-bond acceptors (Lipinski definition) is 4. The summed E-state index contributed by atoms with van der Waals surface area (Å²) in [4.78, 5) is 15.1. The number of nitrogens with zero attached hydrogens (tertiary/aromatic N) is 1. The minimum atomic E-state index is 0.0523. The van der Waals surface area contributed by atoms with Crippen molar-refractivity contribution in [2.45, 2.75) is 78.3 Å². The van der Waals surface area contributed by atoms with Crippen LogP contribution in [0.15, 0.2) is 24.6 Å². The summed E-state index contributed by atoms with van der Waals surface area (Å²) in [6.07, 6.45) is 15.8. The zero-order chi connectivity index (χ0) is 20.1. The number of carbonyl (C=O) groups is 1. The van der Waals surface area contributed by atoms with E-state index in [4.69, 9.17) is 10.5 Å². The van der Waals surface area contributed by atoms with E-state index >= 15 is 0 Å². The number of carbonyl (C=O) groups excluding carboxylic acids is 1. The van der Waals surface area contributed by atoms with Crippen molar-refractivity contribution in [1.29, 1.82) is 0 Å². The Morgan fingerprint density at radius 1 is 1.21 bits per heavy atom. The Morgan fingerprint density at radius 2 is 2.00 bits per heavy atom. The van der Waals surface area contributed by atoms with E-state index in [2.05, 4.69) is 44.0 Å². The molecule has 0 bridgehead atoms. The summed E-state index contributed by atoms with van der Waals surface area (Å²) >= 11 is 0. The third-order valence-electron chi connectivity index (χ3n) is 9.12. The third-order valence-corrected chi connectivity index (χ3v) is 9.12. The maximum absolute atomic E-state index is 12.6. The van der Waals surface area contributed by atoms with Crippen LogP contribution < -0.4 is 5.73 Å². The number of ether oxygens (including phenoxy) is 1. The second-order valence-electron chi connectivity index (χ2n) is 10.2. The smallest absolute Gasteiger partial charge is 0.309 e.